The third-order valence-electron chi connectivity index (χ3n) is 2.94. The fourth-order valence-corrected chi connectivity index (χ4v) is 1.86. The number of benzene rings is 2. The lowest BCUT2D eigenvalue weighted by molar-refractivity contribution is 0.0697. The van der Waals surface area contributed by atoms with Gasteiger partial charge in [-0.3, -0.25) is 5.43 Å². The highest BCUT2D eigenvalue weighted by atomic mass is 16.7. The Morgan fingerprint density at radius 3 is 2.67 bits per heavy atom. The summed E-state index contributed by atoms with van der Waals surface area (Å²) in [5.41, 5.74) is 4.64. The van der Waals surface area contributed by atoms with Gasteiger partial charge in [-0.05, 0) is 48.0 Å². The van der Waals surface area contributed by atoms with Crippen LogP contribution in [0.15, 0.2) is 47.6 Å². The number of hydrogen-bond acceptors (Lipinski definition) is 5. The number of carbonyl (C=O) groups is 1. The molecule has 1 aliphatic rings. The summed E-state index contributed by atoms with van der Waals surface area (Å²) in [6, 6.07) is 11.9. The lowest BCUT2D eigenvalue weighted by Crippen LogP contribution is -1.96. The van der Waals surface area contributed by atoms with E-state index in [9.17, 15) is 4.79 Å². The van der Waals surface area contributed by atoms with Crippen molar-refractivity contribution in [3.63, 3.8) is 0 Å². The van der Waals surface area contributed by atoms with E-state index >= 15 is 0 Å². The summed E-state index contributed by atoms with van der Waals surface area (Å²) < 4.78 is 10.5. The number of hydrogen-bond donors (Lipinski definition) is 2. The molecule has 0 aliphatic carbocycles. The van der Waals surface area contributed by atoms with Crippen molar-refractivity contribution >= 4 is 17.9 Å². The van der Waals surface area contributed by atoms with Gasteiger partial charge < -0.3 is 14.6 Å². The molecule has 2 aromatic rings. The molecule has 106 valence electrons. The van der Waals surface area contributed by atoms with Crippen LogP contribution in [0.5, 0.6) is 11.5 Å². The van der Waals surface area contributed by atoms with E-state index in [-0.39, 0.29) is 12.4 Å². The van der Waals surface area contributed by atoms with Gasteiger partial charge in [0.15, 0.2) is 11.5 Å². The minimum Gasteiger partial charge on any atom is -0.478 e. The van der Waals surface area contributed by atoms with E-state index < -0.39 is 5.97 Å². The van der Waals surface area contributed by atoms with Crippen LogP contribution in [-0.4, -0.2) is 24.1 Å². The Hall–Kier alpha value is -3.02. The number of carboxylic acid groups (broad SMARTS) is 1. The third-order valence-corrected chi connectivity index (χ3v) is 2.94. The van der Waals surface area contributed by atoms with Gasteiger partial charge in [0, 0.05) is 0 Å². The van der Waals surface area contributed by atoms with E-state index in [0.29, 0.717) is 11.4 Å². The maximum atomic E-state index is 10.7. The zero-order valence-electron chi connectivity index (χ0n) is 10.9. The molecule has 0 bridgehead atoms. The third kappa shape index (κ3) is 2.94. The monoisotopic (exact) mass is 284 g/mol. The highest BCUT2D eigenvalue weighted by Crippen LogP contribution is 2.31. The van der Waals surface area contributed by atoms with Crippen LogP contribution < -0.4 is 14.9 Å². The van der Waals surface area contributed by atoms with Gasteiger partial charge in [-0.15, -0.1) is 0 Å². The molecule has 2 N–H and O–H groups in total. The maximum absolute atomic E-state index is 10.7. The summed E-state index contributed by atoms with van der Waals surface area (Å²) >= 11 is 0. The molecule has 2 aromatic carbocycles. The molecule has 3 rings (SSSR count). The number of fused-ring (bicyclic) bond motifs is 1. The Morgan fingerprint density at radius 2 is 1.90 bits per heavy atom. The number of ether oxygens (including phenoxy) is 2. The lowest BCUT2D eigenvalue weighted by atomic mass is 10.2. The van der Waals surface area contributed by atoms with Crippen LogP contribution in [0, 0.1) is 0 Å². The molecular weight excluding hydrogens is 272 g/mol. The van der Waals surface area contributed by atoms with Crippen LogP contribution in [0.2, 0.25) is 0 Å². The van der Waals surface area contributed by atoms with E-state index in [4.69, 9.17) is 14.6 Å². The van der Waals surface area contributed by atoms with Gasteiger partial charge in [0.05, 0.1) is 17.5 Å². The maximum Gasteiger partial charge on any atom is 0.335 e. The van der Waals surface area contributed by atoms with Crippen LogP contribution in [0.4, 0.5) is 5.69 Å². The quantitative estimate of drug-likeness (QED) is 0.666. The summed E-state index contributed by atoms with van der Waals surface area (Å²) in [6.45, 7) is 0.240. The first-order valence-corrected chi connectivity index (χ1v) is 6.24. The molecular formula is C15H12N2O4. The molecule has 6 heteroatoms. The molecule has 1 aliphatic heterocycles. The molecule has 0 saturated heterocycles. The smallest absolute Gasteiger partial charge is 0.335 e. The Labute approximate surface area is 120 Å². The van der Waals surface area contributed by atoms with Crippen molar-refractivity contribution in [2.45, 2.75) is 0 Å². The minimum atomic E-state index is -0.953. The van der Waals surface area contributed by atoms with Crippen molar-refractivity contribution in [1.29, 1.82) is 0 Å². The zero-order chi connectivity index (χ0) is 14.7. The molecule has 0 unspecified atom stereocenters. The van der Waals surface area contributed by atoms with E-state index in [1.807, 2.05) is 18.2 Å². The molecule has 0 fully saturated rings. The van der Waals surface area contributed by atoms with Crippen molar-refractivity contribution in [3.8, 4) is 11.5 Å². The molecule has 0 spiro atoms. The standard InChI is InChI=1S/C15H12N2O4/c18-15(19)11-2-4-12(5-3-11)17-16-8-10-1-6-13-14(7-10)21-9-20-13/h1-8,17H,9H2,(H,18,19)/b16-8+. The normalized spacial score (nSPS) is 12.6. The van der Waals surface area contributed by atoms with E-state index in [2.05, 4.69) is 10.5 Å². The van der Waals surface area contributed by atoms with Gasteiger partial charge in [0.1, 0.15) is 0 Å². The fraction of sp³-hybridized carbons (Fsp3) is 0.0667. The van der Waals surface area contributed by atoms with E-state index in [1.165, 1.54) is 12.1 Å². The zero-order valence-corrected chi connectivity index (χ0v) is 10.9. The SMILES string of the molecule is O=C(O)c1ccc(N/N=C/c2ccc3c(c2)OCO3)cc1. The summed E-state index contributed by atoms with van der Waals surface area (Å²) in [4.78, 5) is 10.7. The van der Waals surface area contributed by atoms with Gasteiger partial charge >= 0.3 is 5.97 Å². The molecule has 0 radical (unpaired) electrons. The number of aromatic carboxylic acids is 1. The number of rotatable bonds is 4. The Kier molecular flexibility index (Phi) is 3.42. The predicted molar refractivity (Wildman–Crippen MR) is 77.2 cm³/mol. The van der Waals surface area contributed by atoms with Crippen molar-refractivity contribution in [1.82, 2.24) is 0 Å². The average molecular weight is 284 g/mol. The second-order valence-electron chi connectivity index (χ2n) is 4.37. The van der Waals surface area contributed by atoms with Crippen LogP contribution in [-0.2, 0) is 0 Å². The summed E-state index contributed by atoms with van der Waals surface area (Å²) in [5.74, 6) is 0.472. The van der Waals surface area contributed by atoms with Crippen LogP contribution in [0.25, 0.3) is 0 Å². The number of nitrogens with one attached hydrogen (secondary N) is 1. The van der Waals surface area contributed by atoms with Gasteiger partial charge in [-0.25, -0.2) is 4.79 Å². The van der Waals surface area contributed by atoms with Gasteiger partial charge in [-0.1, -0.05) is 0 Å². The Balaban J connectivity index is 1.65. The summed E-state index contributed by atoms with van der Waals surface area (Å²) in [7, 11) is 0. The number of anilines is 1. The number of nitrogens with zero attached hydrogens (tertiary/aromatic N) is 1. The Bertz CT molecular complexity index is 695. The first kappa shape index (κ1) is 13.0. The number of carboxylic acids is 1. The van der Waals surface area contributed by atoms with Crippen molar-refractivity contribution < 1.29 is 19.4 Å². The van der Waals surface area contributed by atoms with Crippen LogP contribution >= 0.6 is 0 Å². The van der Waals surface area contributed by atoms with Crippen molar-refractivity contribution in [3.05, 3.63) is 53.6 Å². The molecule has 0 amide bonds. The summed E-state index contributed by atoms with van der Waals surface area (Å²) in [6.07, 6.45) is 1.65. The van der Waals surface area contributed by atoms with Gasteiger partial charge in [-0.2, -0.15) is 5.10 Å². The fourth-order valence-electron chi connectivity index (χ4n) is 1.86. The molecule has 6 nitrogen and oxygen atoms in total. The van der Waals surface area contributed by atoms with Crippen LogP contribution in [0.1, 0.15) is 15.9 Å². The first-order chi connectivity index (χ1) is 10.2. The second-order valence-corrected chi connectivity index (χ2v) is 4.37. The lowest BCUT2D eigenvalue weighted by Gasteiger charge is -2.01. The first-order valence-electron chi connectivity index (χ1n) is 6.24. The number of hydrazone groups is 1. The Morgan fingerprint density at radius 1 is 1.14 bits per heavy atom. The highest BCUT2D eigenvalue weighted by Gasteiger charge is 2.12. The predicted octanol–water partition coefficient (Wildman–Crippen LogP) is 2.56. The summed E-state index contributed by atoms with van der Waals surface area (Å²) in [5, 5.41) is 12.9. The van der Waals surface area contributed by atoms with Gasteiger partial charge in [0.2, 0.25) is 6.79 Å². The minimum absolute atomic E-state index is 0.236. The molecule has 0 aromatic heterocycles. The largest absolute Gasteiger partial charge is 0.478 e. The average Bonchev–Trinajstić information content (AvgIpc) is 2.95. The molecule has 21 heavy (non-hydrogen) atoms. The van der Waals surface area contributed by atoms with Crippen molar-refractivity contribution in [2.24, 2.45) is 5.10 Å². The van der Waals surface area contributed by atoms with Gasteiger partial charge in [0.25, 0.3) is 0 Å². The highest BCUT2D eigenvalue weighted by molar-refractivity contribution is 5.88. The topological polar surface area (TPSA) is 80.2 Å². The van der Waals surface area contributed by atoms with E-state index in [1.54, 1.807) is 18.3 Å². The van der Waals surface area contributed by atoms with Crippen LogP contribution in [0.3, 0.4) is 0 Å². The second kappa shape index (κ2) is 5.54. The van der Waals surface area contributed by atoms with Crippen molar-refractivity contribution in [2.75, 3.05) is 12.2 Å². The van der Waals surface area contributed by atoms with E-state index in [0.717, 1.165) is 11.3 Å². The molecule has 0 saturated carbocycles. The molecule has 1 heterocycles. The molecule has 0 atom stereocenters.